The van der Waals surface area contributed by atoms with Gasteiger partial charge in [-0.1, -0.05) is 12.1 Å². The van der Waals surface area contributed by atoms with Gasteiger partial charge in [0.1, 0.15) is 5.75 Å². The highest BCUT2D eigenvalue weighted by Crippen LogP contribution is 2.36. The van der Waals surface area contributed by atoms with Crippen LogP contribution < -0.4 is 15.4 Å². The van der Waals surface area contributed by atoms with E-state index in [1.54, 1.807) is 0 Å². The fraction of sp³-hybridized carbons (Fsp3) is 0.562. The number of ether oxygens (including phenoxy) is 1. The minimum Gasteiger partial charge on any atom is -0.480 e. The Balaban J connectivity index is 0.00000288. The van der Waals surface area contributed by atoms with E-state index in [0.717, 1.165) is 25.5 Å². The minimum absolute atomic E-state index is 0. The maximum atomic E-state index is 12.9. The predicted octanol–water partition coefficient (Wildman–Crippen LogP) is 3.15. The van der Waals surface area contributed by atoms with E-state index in [1.807, 2.05) is 6.92 Å². The van der Waals surface area contributed by atoms with Crippen LogP contribution in [0.3, 0.4) is 0 Å². The Morgan fingerprint density at radius 2 is 2.04 bits per heavy atom. The van der Waals surface area contributed by atoms with Crippen molar-refractivity contribution in [3.05, 3.63) is 29.8 Å². The van der Waals surface area contributed by atoms with Crippen molar-refractivity contribution in [2.45, 2.75) is 51.1 Å². The molecular formula is C16H22ClF3N2O2. The van der Waals surface area contributed by atoms with E-state index in [0.29, 0.717) is 0 Å². The smallest absolute Gasteiger partial charge is 0.419 e. The molecule has 2 rings (SSSR count). The SMILES string of the molecule is CC(Oc1ccccc1C(F)(F)F)C(=O)NC1CCCNC1C.Cl. The number of carbonyl (C=O) groups is 1. The van der Waals surface area contributed by atoms with Gasteiger partial charge in [-0.25, -0.2) is 0 Å². The van der Waals surface area contributed by atoms with Gasteiger partial charge < -0.3 is 15.4 Å². The molecule has 2 N–H and O–H groups in total. The third kappa shape index (κ3) is 5.27. The van der Waals surface area contributed by atoms with Crippen LogP contribution in [0.25, 0.3) is 0 Å². The van der Waals surface area contributed by atoms with Gasteiger partial charge >= 0.3 is 6.18 Å². The summed E-state index contributed by atoms with van der Waals surface area (Å²) in [5, 5.41) is 6.09. The van der Waals surface area contributed by atoms with E-state index in [-0.39, 0.29) is 30.2 Å². The van der Waals surface area contributed by atoms with E-state index < -0.39 is 23.8 Å². The number of benzene rings is 1. The summed E-state index contributed by atoms with van der Waals surface area (Å²) in [7, 11) is 0. The second-order valence-corrected chi connectivity index (χ2v) is 5.75. The number of halogens is 4. The fourth-order valence-electron chi connectivity index (χ4n) is 2.59. The average molecular weight is 367 g/mol. The van der Waals surface area contributed by atoms with E-state index >= 15 is 0 Å². The van der Waals surface area contributed by atoms with Gasteiger partial charge in [-0.05, 0) is 45.4 Å². The summed E-state index contributed by atoms with van der Waals surface area (Å²) in [6, 6.07) is 4.98. The lowest BCUT2D eigenvalue weighted by Gasteiger charge is -2.31. The lowest BCUT2D eigenvalue weighted by molar-refractivity contribution is -0.140. The van der Waals surface area contributed by atoms with Crippen LogP contribution in [0.1, 0.15) is 32.3 Å². The van der Waals surface area contributed by atoms with Crippen LogP contribution in [0.5, 0.6) is 5.75 Å². The molecule has 0 aliphatic carbocycles. The van der Waals surface area contributed by atoms with E-state index in [9.17, 15) is 18.0 Å². The minimum atomic E-state index is -4.52. The zero-order valence-electron chi connectivity index (χ0n) is 13.5. The number of piperidine rings is 1. The Kier molecular flexibility index (Phi) is 7.35. The fourth-order valence-corrected chi connectivity index (χ4v) is 2.59. The largest absolute Gasteiger partial charge is 0.480 e. The summed E-state index contributed by atoms with van der Waals surface area (Å²) in [5.74, 6) is -0.750. The number of alkyl halides is 3. The molecule has 1 aromatic rings. The van der Waals surface area contributed by atoms with Crippen molar-refractivity contribution in [1.82, 2.24) is 10.6 Å². The van der Waals surface area contributed by atoms with Crippen LogP contribution in [0.2, 0.25) is 0 Å². The summed E-state index contributed by atoms with van der Waals surface area (Å²) in [6.45, 7) is 4.32. The van der Waals surface area contributed by atoms with Crippen molar-refractivity contribution in [3.8, 4) is 5.75 Å². The standard InChI is InChI=1S/C16H21F3N2O2.ClH/c1-10-13(7-5-9-20-10)21-15(22)11(2)23-14-8-4-3-6-12(14)16(17,18)19;/h3-4,6,8,10-11,13,20H,5,7,9H2,1-2H3,(H,21,22);1H. The topological polar surface area (TPSA) is 50.4 Å². The van der Waals surface area contributed by atoms with Crippen molar-refractivity contribution >= 4 is 18.3 Å². The van der Waals surface area contributed by atoms with Gasteiger partial charge in [-0.3, -0.25) is 4.79 Å². The van der Waals surface area contributed by atoms with Crippen molar-refractivity contribution in [1.29, 1.82) is 0 Å². The zero-order chi connectivity index (χ0) is 17.0. The number of nitrogens with one attached hydrogen (secondary N) is 2. The average Bonchev–Trinajstić information content (AvgIpc) is 2.49. The highest BCUT2D eigenvalue weighted by atomic mass is 35.5. The first-order valence-corrected chi connectivity index (χ1v) is 7.65. The molecule has 0 bridgehead atoms. The molecular weight excluding hydrogens is 345 g/mol. The van der Waals surface area contributed by atoms with Gasteiger partial charge in [0.25, 0.3) is 5.91 Å². The molecule has 3 atom stereocenters. The quantitative estimate of drug-likeness (QED) is 0.860. The molecule has 0 aromatic heterocycles. The second kappa shape index (κ2) is 8.58. The van der Waals surface area contributed by atoms with E-state index in [2.05, 4.69) is 10.6 Å². The molecule has 24 heavy (non-hydrogen) atoms. The molecule has 0 saturated carbocycles. The van der Waals surface area contributed by atoms with Crippen LogP contribution in [0.15, 0.2) is 24.3 Å². The third-order valence-corrected chi connectivity index (χ3v) is 3.95. The third-order valence-electron chi connectivity index (χ3n) is 3.95. The first kappa shape index (κ1) is 20.6. The summed E-state index contributed by atoms with van der Waals surface area (Å²) in [6.07, 6.45) is -3.74. The predicted molar refractivity (Wildman–Crippen MR) is 87.4 cm³/mol. The maximum absolute atomic E-state index is 12.9. The summed E-state index contributed by atoms with van der Waals surface area (Å²) >= 11 is 0. The van der Waals surface area contributed by atoms with Crippen LogP contribution in [-0.2, 0) is 11.0 Å². The molecule has 4 nitrogen and oxygen atoms in total. The van der Waals surface area contributed by atoms with Crippen molar-refractivity contribution < 1.29 is 22.7 Å². The number of hydrogen-bond acceptors (Lipinski definition) is 3. The monoisotopic (exact) mass is 366 g/mol. The number of rotatable bonds is 4. The molecule has 1 aliphatic heterocycles. The Bertz CT molecular complexity index is 554. The van der Waals surface area contributed by atoms with Gasteiger partial charge in [-0.2, -0.15) is 13.2 Å². The molecule has 1 aromatic carbocycles. The Morgan fingerprint density at radius 1 is 1.38 bits per heavy atom. The number of para-hydroxylation sites is 1. The normalized spacial score (nSPS) is 22.2. The zero-order valence-corrected chi connectivity index (χ0v) is 14.3. The first-order valence-electron chi connectivity index (χ1n) is 7.65. The van der Waals surface area contributed by atoms with Crippen molar-refractivity contribution in [3.63, 3.8) is 0 Å². The van der Waals surface area contributed by atoms with E-state index in [4.69, 9.17) is 4.74 Å². The molecule has 0 radical (unpaired) electrons. The highest BCUT2D eigenvalue weighted by molar-refractivity contribution is 5.85. The Hall–Kier alpha value is -1.47. The molecule has 0 spiro atoms. The molecule has 1 fully saturated rings. The Morgan fingerprint density at radius 3 is 2.67 bits per heavy atom. The van der Waals surface area contributed by atoms with Gasteiger partial charge in [0.2, 0.25) is 0 Å². The lowest BCUT2D eigenvalue weighted by Crippen LogP contribution is -2.54. The van der Waals surface area contributed by atoms with E-state index in [1.165, 1.54) is 25.1 Å². The van der Waals surface area contributed by atoms with Gasteiger partial charge in [0, 0.05) is 12.1 Å². The van der Waals surface area contributed by atoms with Crippen LogP contribution in [-0.4, -0.2) is 30.6 Å². The van der Waals surface area contributed by atoms with Gasteiger partial charge in [0.15, 0.2) is 6.10 Å². The Labute approximate surface area is 145 Å². The van der Waals surface area contributed by atoms with Crippen molar-refractivity contribution in [2.75, 3.05) is 6.54 Å². The molecule has 3 unspecified atom stereocenters. The molecule has 1 heterocycles. The van der Waals surface area contributed by atoms with Crippen LogP contribution in [0, 0.1) is 0 Å². The summed E-state index contributed by atoms with van der Waals surface area (Å²) in [4.78, 5) is 12.2. The molecule has 136 valence electrons. The maximum Gasteiger partial charge on any atom is 0.419 e. The van der Waals surface area contributed by atoms with Gasteiger partial charge in [-0.15, -0.1) is 12.4 Å². The molecule has 8 heteroatoms. The number of hydrogen-bond donors (Lipinski definition) is 2. The number of amides is 1. The summed E-state index contributed by atoms with van der Waals surface area (Å²) in [5.41, 5.74) is -0.882. The number of carbonyl (C=O) groups excluding carboxylic acids is 1. The second-order valence-electron chi connectivity index (χ2n) is 5.75. The highest BCUT2D eigenvalue weighted by Gasteiger charge is 2.35. The molecule has 1 saturated heterocycles. The van der Waals surface area contributed by atoms with Gasteiger partial charge in [0.05, 0.1) is 5.56 Å². The lowest BCUT2D eigenvalue weighted by atomic mass is 10.00. The molecule has 1 aliphatic rings. The molecule has 1 amide bonds. The van der Waals surface area contributed by atoms with Crippen molar-refractivity contribution in [2.24, 2.45) is 0 Å². The first-order chi connectivity index (χ1) is 10.8. The van der Waals surface area contributed by atoms with Crippen LogP contribution >= 0.6 is 12.4 Å². The van der Waals surface area contributed by atoms with Crippen LogP contribution in [0.4, 0.5) is 13.2 Å². The summed E-state index contributed by atoms with van der Waals surface area (Å²) < 4.78 is 44.1.